The van der Waals surface area contributed by atoms with Gasteiger partial charge in [0.15, 0.2) is 0 Å². The number of halogens is 1. The summed E-state index contributed by atoms with van der Waals surface area (Å²) in [6, 6.07) is 0. The first-order valence-corrected chi connectivity index (χ1v) is 9.01. The average molecular weight is 283 g/mol. The molecule has 2 heteroatoms. The summed E-state index contributed by atoms with van der Waals surface area (Å²) in [6.45, 7) is 0. The fraction of sp³-hybridized carbons (Fsp3) is 1.00. The highest BCUT2D eigenvalue weighted by molar-refractivity contribution is 6.18. The Balaban J connectivity index is 1.44. The zero-order chi connectivity index (χ0) is 12.9. The highest BCUT2D eigenvalue weighted by atomic mass is 35.5. The summed E-state index contributed by atoms with van der Waals surface area (Å²) in [7, 11) is 0. The smallest absolute Gasteiger partial charge is 0.0687 e. The Hall–Kier alpha value is 0.250. The van der Waals surface area contributed by atoms with Gasteiger partial charge in [-0.2, -0.15) is 0 Å². The number of rotatable bonds is 3. The average Bonchev–Trinajstić information content (AvgIpc) is 3.17. The SMILES string of the molecule is ClCC1(CC2CCC3(CCCC3)O2)CC2CCC1C2. The monoisotopic (exact) mass is 282 g/mol. The van der Waals surface area contributed by atoms with Crippen molar-refractivity contribution in [1.82, 2.24) is 0 Å². The lowest BCUT2D eigenvalue weighted by atomic mass is 9.71. The van der Waals surface area contributed by atoms with Gasteiger partial charge in [-0.15, -0.1) is 11.6 Å². The Kier molecular flexibility index (Phi) is 3.16. The second-order valence-electron chi connectivity index (χ2n) is 7.95. The maximum absolute atomic E-state index is 6.55. The lowest BCUT2D eigenvalue weighted by Gasteiger charge is -2.38. The molecule has 108 valence electrons. The van der Waals surface area contributed by atoms with E-state index >= 15 is 0 Å². The van der Waals surface area contributed by atoms with Crippen molar-refractivity contribution in [2.45, 2.75) is 82.3 Å². The molecule has 1 saturated heterocycles. The van der Waals surface area contributed by atoms with E-state index in [-0.39, 0.29) is 0 Å². The fourth-order valence-corrected chi connectivity index (χ4v) is 6.34. The van der Waals surface area contributed by atoms with Gasteiger partial charge in [0, 0.05) is 5.88 Å². The van der Waals surface area contributed by atoms with Crippen LogP contribution in [0.1, 0.15) is 70.6 Å². The quantitative estimate of drug-likeness (QED) is 0.668. The first-order chi connectivity index (χ1) is 9.24. The van der Waals surface area contributed by atoms with E-state index in [0.717, 1.165) is 17.7 Å². The molecule has 0 amide bonds. The molecule has 0 aromatic rings. The van der Waals surface area contributed by atoms with Gasteiger partial charge in [-0.3, -0.25) is 0 Å². The number of hydrogen-bond donors (Lipinski definition) is 0. The van der Waals surface area contributed by atoms with Crippen molar-refractivity contribution < 1.29 is 4.74 Å². The van der Waals surface area contributed by atoms with Crippen LogP contribution in [0.15, 0.2) is 0 Å². The number of alkyl halides is 1. The van der Waals surface area contributed by atoms with Crippen molar-refractivity contribution in [2.24, 2.45) is 17.3 Å². The van der Waals surface area contributed by atoms with Crippen LogP contribution in [0.5, 0.6) is 0 Å². The molecule has 4 rings (SSSR count). The third-order valence-corrected chi connectivity index (χ3v) is 7.39. The van der Waals surface area contributed by atoms with E-state index in [4.69, 9.17) is 16.3 Å². The molecule has 1 nitrogen and oxygen atoms in total. The van der Waals surface area contributed by atoms with Crippen LogP contribution in [0, 0.1) is 17.3 Å². The molecule has 3 aliphatic carbocycles. The molecule has 4 atom stereocenters. The zero-order valence-corrected chi connectivity index (χ0v) is 12.8. The van der Waals surface area contributed by atoms with Gasteiger partial charge in [0.05, 0.1) is 11.7 Å². The Morgan fingerprint density at radius 1 is 1.05 bits per heavy atom. The van der Waals surface area contributed by atoms with Crippen LogP contribution in [-0.4, -0.2) is 17.6 Å². The summed E-state index contributed by atoms with van der Waals surface area (Å²) in [6.07, 6.45) is 15.6. The van der Waals surface area contributed by atoms with E-state index in [1.807, 2.05) is 0 Å². The highest BCUT2D eigenvalue weighted by Crippen LogP contribution is 2.59. The minimum atomic E-state index is 0.301. The Morgan fingerprint density at radius 2 is 1.89 bits per heavy atom. The summed E-state index contributed by atoms with van der Waals surface area (Å²) in [5, 5.41) is 0. The topological polar surface area (TPSA) is 9.23 Å². The molecule has 0 radical (unpaired) electrons. The predicted octanol–water partition coefficient (Wildman–Crippen LogP) is 4.91. The van der Waals surface area contributed by atoms with Crippen LogP contribution >= 0.6 is 11.6 Å². The minimum Gasteiger partial charge on any atom is -0.372 e. The molecule has 4 aliphatic rings. The van der Waals surface area contributed by atoms with Crippen molar-refractivity contribution in [3.63, 3.8) is 0 Å². The van der Waals surface area contributed by atoms with E-state index in [1.165, 1.54) is 70.6 Å². The maximum Gasteiger partial charge on any atom is 0.0687 e. The first-order valence-electron chi connectivity index (χ1n) is 8.47. The maximum atomic E-state index is 6.55. The van der Waals surface area contributed by atoms with Gasteiger partial charge in [-0.05, 0) is 68.6 Å². The first kappa shape index (κ1) is 13.0. The summed E-state index contributed by atoms with van der Waals surface area (Å²) in [5.74, 6) is 2.78. The molecule has 4 unspecified atom stereocenters. The molecule has 2 bridgehead atoms. The molecule has 0 aromatic carbocycles. The summed E-state index contributed by atoms with van der Waals surface area (Å²) in [4.78, 5) is 0. The third kappa shape index (κ3) is 2.07. The number of ether oxygens (including phenoxy) is 1. The molecule has 3 saturated carbocycles. The van der Waals surface area contributed by atoms with Gasteiger partial charge in [0.25, 0.3) is 0 Å². The van der Waals surface area contributed by atoms with Crippen molar-refractivity contribution in [1.29, 1.82) is 0 Å². The molecule has 1 aliphatic heterocycles. The predicted molar refractivity (Wildman–Crippen MR) is 78.5 cm³/mol. The molecule has 1 heterocycles. The van der Waals surface area contributed by atoms with Crippen molar-refractivity contribution in [3.8, 4) is 0 Å². The number of fused-ring (bicyclic) bond motifs is 2. The van der Waals surface area contributed by atoms with Crippen molar-refractivity contribution >= 4 is 11.6 Å². The van der Waals surface area contributed by atoms with Crippen LogP contribution < -0.4 is 0 Å². The fourth-order valence-electron chi connectivity index (χ4n) is 5.91. The van der Waals surface area contributed by atoms with Gasteiger partial charge < -0.3 is 4.74 Å². The van der Waals surface area contributed by atoms with Gasteiger partial charge in [0.1, 0.15) is 0 Å². The largest absolute Gasteiger partial charge is 0.372 e. The molecule has 4 fully saturated rings. The normalized spacial score (nSPS) is 47.5. The van der Waals surface area contributed by atoms with Gasteiger partial charge in [-0.25, -0.2) is 0 Å². The van der Waals surface area contributed by atoms with Gasteiger partial charge in [-0.1, -0.05) is 19.3 Å². The Bertz CT molecular complexity index is 349. The van der Waals surface area contributed by atoms with Crippen molar-refractivity contribution in [2.75, 3.05) is 5.88 Å². The van der Waals surface area contributed by atoms with E-state index in [9.17, 15) is 0 Å². The molecule has 0 N–H and O–H groups in total. The van der Waals surface area contributed by atoms with E-state index in [1.54, 1.807) is 0 Å². The molecule has 1 spiro atoms. The second kappa shape index (κ2) is 4.63. The van der Waals surface area contributed by atoms with Crippen LogP contribution in [0.3, 0.4) is 0 Å². The van der Waals surface area contributed by atoms with Crippen LogP contribution in [0.4, 0.5) is 0 Å². The molecule has 0 aromatic heterocycles. The summed E-state index contributed by atoms with van der Waals surface area (Å²) < 4.78 is 6.55. The van der Waals surface area contributed by atoms with Gasteiger partial charge >= 0.3 is 0 Å². The van der Waals surface area contributed by atoms with E-state index in [2.05, 4.69) is 0 Å². The molecular formula is C17H27ClO. The minimum absolute atomic E-state index is 0.301. The standard InChI is InChI=1S/C17H27ClO/c18-12-16(10-13-3-4-14(16)9-13)11-15-5-8-17(19-15)6-1-2-7-17/h13-15H,1-12H2. The zero-order valence-electron chi connectivity index (χ0n) is 12.0. The Labute approximate surface area is 122 Å². The molecule has 19 heavy (non-hydrogen) atoms. The Morgan fingerprint density at radius 3 is 2.53 bits per heavy atom. The lowest BCUT2D eigenvalue weighted by Crippen LogP contribution is -2.35. The van der Waals surface area contributed by atoms with Crippen LogP contribution in [0.25, 0.3) is 0 Å². The summed E-state index contributed by atoms with van der Waals surface area (Å²) in [5.41, 5.74) is 0.745. The highest BCUT2D eigenvalue weighted by Gasteiger charge is 2.53. The molecular weight excluding hydrogens is 256 g/mol. The number of hydrogen-bond acceptors (Lipinski definition) is 1. The van der Waals surface area contributed by atoms with Crippen LogP contribution in [-0.2, 0) is 4.74 Å². The summed E-state index contributed by atoms with van der Waals surface area (Å²) >= 11 is 6.43. The van der Waals surface area contributed by atoms with E-state index < -0.39 is 0 Å². The third-order valence-electron chi connectivity index (χ3n) is 6.86. The second-order valence-corrected chi connectivity index (χ2v) is 8.22. The van der Waals surface area contributed by atoms with Crippen LogP contribution in [0.2, 0.25) is 0 Å². The van der Waals surface area contributed by atoms with E-state index in [0.29, 0.717) is 17.1 Å². The van der Waals surface area contributed by atoms with Gasteiger partial charge in [0.2, 0.25) is 0 Å². The lowest BCUT2D eigenvalue weighted by molar-refractivity contribution is -0.0572. The van der Waals surface area contributed by atoms with Crippen molar-refractivity contribution in [3.05, 3.63) is 0 Å².